The normalized spacial score (nSPS) is 9.25. The van der Waals surface area contributed by atoms with E-state index in [4.69, 9.17) is 0 Å². The first-order valence-electron chi connectivity index (χ1n) is 1.04. The molecular formula is C2H6NNi. The molecule has 0 spiro atoms. The van der Waals surface area contributed by atoms with Gasteiger partial charge in [0.05, 0.1) is 0 Å². The molecule has 0 atom stereocenters. The fourth-order valence-electron chi connectivity index (χ4n) is 0. The molecule has 0 N–H and O–H groups in total. The van der Waals surface area contributed by atoms with E-state index in [9.17, 15) is 0 Å². The Morgan fingerprint density at radius 3 is 1.50 bits per heavy atom. The molecule has 0 radical (unpaired) electrons. The summed E-state index contributed by atoms with van der Waals surface area (Å²) in [5.74, 6) is 0. The molecule has 0 heterocycles. The van der Waals surface area contributed by atoms with Gasteiger partial charge in [-0.2, -0.15) is 0 Å². The Hall–Kier alpha value is 0.454. The average Bonchev–Trinajstić information content (AvgIpc) is 0.811. The Bertz CT molecular complexity index is 10.8. The van der Waals surface area contributed by atoms with E-state index in [2.05, 4.69) is 15.7 Å². The minimum absolute atomic E-state index is 1.62. The fourth-order valence-corrected chi connectivity index (χ4v) is 0. The maximum atomic E-state index is 4.21. The van der Waals surface area contributed by atoms with Crippen LogP contribution in [0.2, 0.25) is 0 Å². The van der Waals surface area contributed by atoms with Crippen LogP contribution in [-0.2, 0) is 15.7 Å². The van der Waals surface area contributed by atoms with Gasteiger partial charge in [-0.1, -0.05) is 0 Å². The first kappa shape index (κ1) is 4.45. The van der Waals surface area contributed by atoms with Crippen molar-refractivity contribution in [1.82, 2.24) is 3.98 Å². The molecule has 29 valence electrons. The van der Waals surface area contributed by atoms with E-state index < -0.39 is 0 Å². The molecule has 2 heteroatoms. The zero-order valence-corrected chi connectivity index (χ0v) is 3.75. The second-order valence-electron chi connectivity index (χ2n) is 0.730. The van der Waals surface area contributed by atoms with Crippen molar-refractivity contribution in [2.45, 2.75) is 0 Å². The molecule has 0 unspecified atom stereocenters. The van der Waals surface area contributed by atoms with Crippen LogP contribution in [0.4, 0.5) is 0 Å². The van der Waals surface area contributed by atoms with Crippen LogP contribution in [0, 0.1) is 0 Å². The summed E-state index contributed by atoms with van der Waals surface area (Å²) in [6.45, 7) is 0. The molecule has 0 saturated carbocycles. The summed E-state index contributed by atoms with van der Waals surface area (Å²) >= 11 is 4.21. The molecule has 0 bridgehead atoms. The molecular weight excluding hydrogens is 96.7 g/mol. The predicted molar refractivity (Wildman–Crippen MR) is 13.7 cm³/mol. The predicted octanol–water partition coefficient (Wildman–Crippen LogP) is 0.00980. The van der Waals surface area contributed by atoms with Crippen LogP contribution in [0.5, 0.6) is 0 Å². The van der Waals surface area contributed by atoms with Gasteiger partial charge in [-0.25, -0.2) is 0 Å². The van der Waals surface area contributed by atoms with Crippen LogP contribution in [0.3, 0.4) is 0 Å². The van der Waals surface area contributed by atoms with Crippen molar-refractivity contribution >= 4 is 0 Å². The van der Waals surface area contributed by atoms with E-state index >= 15 is 0 Å². The summed E-state index contributed by atoms with van der Waals surface area (Å²) in [7, 11) is 3.67. The average molecular weight is 103 g/mol. The first-order valence-corrected chi connectivity index (χ1v) is 1.48. The topological polar surface area (TPSA) is 3.24 Å². The van der Waals surface area contributed by atoms with Crippen molar-refractivity contribution in [3.8, 4) is 0 Å². The van der Waals surface area contributed by atoms with Gasteiger partial charge in [0.1, 0.15) is 0 Å². The third-order valence-corrected chi connectivity index (χ3v) is 0. The second-order valence-corrected chi connectivity index (χ2v) is 1.61. The zero-order valence-electron chi connectivity index (χ0n) is 2.76. The van der Waals surface area contributed by atoms with E-state index in [0.29, 0.717) is 0 Å². The van der Waals surface area contributed by atoms with Crippen LogP contribution in [0.25, 0.3) is 0 Å². The van der Waals surface area contributed by atoms with Gasteiger partial charge in [0.2, 0.25) is 0 Å². The van der Waals surface area contributed by atoms with Crippen molar-refractivity contribution in [3.63, 3.8) is 0 Å². The van der Waals surface area contributed by atoms with E-state index in [1.807, 2.05) is 14.1 Å². The molecule has 0 aliphatic rings. The summed E-state index contributed by atoms with van der Waals surface area (Å²) in [5.41, 5.74) is 0. The summed E-state index contributed by atoms with van der Waals surface area (Å²) < 4.78 is 1.62. The van der Waals surface area contributed by atoms with Gasteiger partial charge in [0.15, 0.2) is 0 Å². The summed E-state index contributed by atoms with van der Waals surface area (Å²) in [4.78, 5) is 0. The van der Waals surface area contributed by atoms with Gasteiger partial charge in [-0.3, -0.25) is 0 Å². The maximum absolute atomic E-state index is 4.21. The van der Waals surface area contributed by atoms with E-state index in [1.165, 1.54) is 0 Å². The molecule has 0 saturated heterocycles. The van der Waals surface area contributed by atoms with Gasteiger partial charge in [-0.05, 0) is 0 Å². The molecule has 0 rings (SSSR count). The van der Waals surface area contributed by atoms with E-state index in [0.717, 1.165) is 0 Å². The van der Waals surface area contributed by atoms with Crippen LogP contribution in [0.15, 0.2) is 0 Å². The first-order chi connectivity index (χ1) is 1.73. The van der Waals surface area contributed by atoms with E-state index in [1.54, 1.807) is 3.98 Å². The van der Waals surface area contributed by atoms with Gasteiger partial charge in [-0.15, -0.1) is 0 Å². The van der Waals surface area contributed by atoms with Gasteiger partial charge < -0.3 is 0 Å². The Kier molecular flexibility index (Phi) is 1.94. The molecule has 0 aliphatic carbocycles. The molecule has 1 nitrogen and oxygen atoms in total. The van der Waals surface area contributed by atoms with Gasteiger partial charge in [0.25, 0.3) is 0 Å². The van der Waals surface area contributed by atoms with Crippen LogP contribution in [-0.4, -0.2) is 18.1 Å². The number of nitrogens with zero attached hydrogens (tertiary/aromatic N) is 1. The molecule has 0 amide bonds. The van der Waals surface area contributed by atoms with Crippen molar-refractivity contribution in [1.29, 1.82) is 0 Å². The Labute approximate surface area is 34.6 Å². The SMILES string of the molecule is C[N](C)[Ni]. The Balaban J connectivity index is 2.32. The molecule has 4 heavy (non-hydrogen) atoms. The van der Waals surface area contributed by atoms with Crippen molar-refractivity contribution in [3.05, 3.63) is 0 Å². The molecule has 0 fully saturated rings. The van der Waals surface area contributed by atoms with Crippen molar-refractivity contribution in [2.75, 3.05) is 14.1 Å². The van der Waals surface area contributed by atoms with Crippen molar-refractivity contribution in [2.24, 2.45) is 0 Å². The van der Waals surface area contributed by atoms with Gasteiger partial charge >= 0.3 is 33.8 Å². The third kappa shape index (κ3) is 25.2. The minimum atomic E-state index is 1.62. The molecule has 0 aliphatic heterocycles. The van der Waals surface area contributed by atoms with Crippen LogP contribution < -0.4 is 0 Å². The molecule has 0 aromatic carbocycles. The van der Waals surface area contributed by atoms with Crippen LogP contribution >= 0.6 is 0 Å². The number of hydrogen-bond acceptors (Lipinski definition) is 1. The van der Waals surface area contributed by atoms with Gasteiger partial charge in [0, 0.05) is 0 Å². The number of rotatable bonds is 0. The Morgan fingerprint density at radius 1 is 1.50 bits per heavy atom. The molecule has 0 aromatic rings. The quantitative estimate of drug-likeness (QED) is 0.390. The standard InChI is InChI=1S/C2H6N.Ni/c1-3-2;/h1-2H3;/q-1;+1. The van der Waals surface area contributed by atoms with Crippen molar-refractivity contribution < 1.29 is 15.7 Å². The summed E-state index contributed by atoms with van der Waals surface area (Å²) in [6.07, 6.45) is 0. The zero-order chi connectivity index (χ0) is 3.58. The third-order valence-electron chi connectivity index (χ3n) is 0. The monoisotopic (exact) mass is 102 g/mol. The summed E-state index contributed by atoms with van der Waals surface area (Å²) in [5, 5.41) is 0. The summed E-state index contributed by atoms with van der Waals surface area (Å²) in [6, 6.07) is 0. The second kappa shape index (κ2) is 1.74. The van der Waals surface area contributed by atoms with E-state index in [-0.39, 0.29) is 0 Å². The van der Waals surface area contributed by atoms with Crippen LogP contribution in [0.1, 0.15) is 0 Å². The Morgan fingerprint density at radius 2 is 1.50 bits per heavy atom. The molecule has 0 aromatic heterocycles. The fraction of sp³-hybridized carbons (Fsp3) is 1.00. The number of hydrogen-bond donors (Lipinski definition) is 0.